The molecule has 1 aliphatic rings. The molecule has 1 aliphatic heterocycles. The van der Waals surface area contributed by atoms with Gasteiger partial charge in [0.05, 0.1) is 22.1 Å². The number of nitrogens with zero attached hydrogens (tertiary/aromatic N) is 2. The van der Waals surface area contributed by atoms with E-state index >= 15 is 0 Å². The van der Waals surface area contributed by atoms with E-state index in [4.69, 9.17) is 27.9 Å². The molecule has 5 rings (SSSR count). The zero-order chi connectivity index (χ0) is 25.2. The SMILES string of the molecule is O=C1NCC(c2cc(-c3cc(Cl)cc(OCc4ccsc4Cl)c3)c(=O)n(-c3cccnc3)c2)C(=O)N1. The second-order valence-corrected chi connectivity index (χ2v) is 9.96. The van der Waals surface area contributed by atoms with Gasteiger partial charge in [-0.1, -0.05) is 23.2 Å². The summed E-state index contributed by atoms with van der Waals surface area (Å²) in [6, 6.07) is 11.4. The lowest BCUT2D eigenvalue weighted by molar-refractivity contribution is -0.122. The fraction of sp³-hybridized carbons (Fsp3) is 0.120. The molecule has 8 nitrogen and oxygen atoms in total. The van der Waals surface area contributed by atoms with Crippen molar-refractivity contribution in [2.75, 3.05) is 6.54 Å². The predicted octanol–water partition coefficient (Wildman–Crippen LogP) is 4.77. The Labute approximate surface area is 219 Å². The normalized spacial score (nSPS) is 15.3. The van der Waals surface area contributed by atoms with Crippen molar-refractivity contribution in [2.45, 2.75) is 12.5 Å². The standard InChI is InChI=1S/C25H18Cl2N4O4S/c26-17-6-15(7-19(9-17)35-13-14-3-5-36-22(14)27)20-8-16(21-11-29-25(34)30-23(21)32)12-31(24(20)33)18-2-1-4-28-10-18/h1-10,12,21H,11,13H2,(H2,29,30,32,34). The summed E-state index contributed by atoms with van der Waals surface area (Å²) in [5, 5.41) is 7.15. The summed E-state index contributed by atoms with van der Waals surface area (Å²) in [7, 11) is 0. The van der Waals surface area contributed by atoms with Crippen LogP contribution in [0.1, 0.15) is 17.0 Å². The van der Waals surface area contributed by atoms with E-state index in [1.165, 1.54) is 15.9 Å². The summed E-state index contributed by atoms with van der Waals surface area (Å²) in [5.41, 5.74) is 2.39. The third kappa shape index (κ3) is 4.99. The molecule has 1 unspecified atom stereocenters. The van der Waals surface area contributed by atoms with Gasteiger partial charge in [0.25, 0.3) is 5.56 Å². The number of imide groups is 1. The first kappa shape index (κ1) is 24.1. The van der Waals surface area contributed by atoms with Crippen molar-refractivity contribution in [3.63, 3.8) is 0 Å². The minimum absolute atomic E-state index is 0.0979. The number of carbonyl (C=O) groups excluding carboxylic acids is 2. The number of nitrogens with one attached hydrogen (secondary N) is 2. The molecule has 0 radical (unpaired) electrons. The lowest BCUT2D eigenvalue weighted by Gasteiger charge is -2.23. The Hall–Kier alpha value is -3.66. The Morgan fingerprint density at radius 3 is 2.72 bits per heavy atom. The Morgan fingerprint density at radius 2 is 2.00 bits per heavy atom. The number of thiophene rings is 1. The number of urea groups is 1. The van der Waals surface area contributed by atoms with Crippen molar-refractivity contribution in [1.29, 1.82) is 0 Å². The van der Waals surface area contributed by atoms with Crippen molar-refractivity contribution in [3.8, 4) is 22.6 Å². The maximum absolute atomic E-state index is 13.6. The Bertz CT molecular complexity index is 1520. The van der Waals surface area contributed by atoms with Gasteiger partial charge in [-0.05, 0) is 59.0 Å². The molecule has 4 heterocycles. The third-order valence-electron chi connectivity index (χ3n) is 5.65. The molecule has 1 fully saturated rings. The number of rotatable bonds is 6. The topological polar surface area (TPSA) is 102 Å². The van der Waals surface area contributed by atoms with Gasteiger partial charge in [0.1, 0.15) is 12.4 Å². The number of benzene rings is 1. The van der Waals surface area contributed by atoms with Crippen LogP contribution < -0.4 is 20.9 Å². The molecule has 3 aromatic heterocycles. The molecule has 0 aliphatic carbocycles. The summed E-state index contributed by atoms with van der Waals surface area (Å²) in [6.45, 7) is 0.338. The number of hydrogen-bond acceptors (Lipinski definition) is 6. The van der Waals surface area contributed by atoms with E-state index in [0.29, 0.717) is 37.5 Å². The first-order valence-corrected chi connectivity index (χ1v) is 12.4. The number of halogens is 2. The summed E-state index contributed by atoms with van der Waals surface area (Å²) in [4.78, 5) is 41.9. The van der Waals surface area contributed by atoms with Crippen LogP contribution in [0.5, 0.6) is 5.75 Å². The molecule has 182 valence electrons. The average Bonchev–Trinajstić information content (AvgIpc) is 3.28. The van der Waals surface area contributed by atoms with Crippen molar-refractivity contribution in [1.82, 2.24) is 20.2 Å². The molecule has 2 N–H and O–H groups in total. The average molecular weight is 541 g/mol. The van der Waals surface area contributed by atoms with Crippen LogP contribution in [-0.2, 0) is 11.4 Å². The van der Waals surface area contributed by atoms with Gasteiger partial charge in [-0.25, -0.2) is 4.79 Å². The van der Waals surface area contributed by atoms with Gasteiger partial charge in [-0.15, -0.1) is 11.3 Å². The largest absolute Gasteiger partial charge is 0.489 e. The molecule has 4 aromatic rings. The van der Waals surface area contributed by atoms with Crippen LogP contribution in [0.25, 0.3) is 16.8 Å². The highest BCUT2D eigenvalue weighted by Crippen LogP contribution is 2.31. The molecule has 36 heavy (non-hydrogen) atoms. The van der Waals surface area contributed by atoms with Crippen LogP contribution in [-0.4, -0.2) is 28.0 Å². The minimum atomic E-state index is -0.694. The van der Waals surface area contributed by atoms with E-state index in [1.54, 1.807) is 55.0 Å². The molecule has 0 saturated carbocycles. The molecule has 3 amide bonds. The highest BCUT2D eigenvalue weighted by Gasteiger charge is 2.29. The predicted molar refractivity (Wildman–Crippen MR) is 138 cm³/mol. The van der Waals surface area contributed by atoms with E-state index in [1.807, 2.05) is 11.4 Å². The second-order valence-electron chi connectivity index (χ2n) is 8.01. The summed E-state index contributed by atoms with van der Waals surface area (Å²) in [6.07, 6.45) is 4.74. The second kappa shape index (κ2) is 10.1. The zero-order valence-corrected chi connectivity index (χ0v) is 20.9. The van der Waals surface area contributed by atoms with Gasteiger partial charge in [-0.2, -0.15) is 0 Å². The van der Waals surface area contributed by atoms with E-state index in [9.17, 15) is 14.4 Å². The molecular formula is C25H18Cl2N4O4S. The number of ether oxygens (including phenoxy) is 1. The van der Waals surface area contributed by atoms with E-state index in [0.717, 1.165) is 5.56 Å². The number of amides is 3. The maximum Gasteiger partial charge on any atom is 0.321 e. The van der Waals surface area contributed by atoms with Crippen LogP contribution in [0.3, 0.4) is 0 Å². The lowest BCUT2D eigenvalue weighted by Crippen LogP contribution is -2.51. The quantitative estimate of drug-likeness (QED) is 0.366. The fourth-order valence-electron chi connectivity index (χ4n) is 3.87. The van der Waals surface area contributed by atoms with Gasteiger partial charge >= 0.3 is 6.03 Å². The molecule has 1 atom stereocenters. The smallest absolute Gasteiger partial charge is 0.321 e. The molecule has 1 aromatic carbocycles. The van der Waals surface area contributed by atoms with Crippen molar-refractivity contribution in [2.24, 2.45) is 0 Å². The van der Waals surface area contributed by atoms with Gasteiger partial charge in [0.15, 0.2) is 0 Å². The number of hydrogen-bond donors (Lipinski definition) is 2. The summed E-state index contributed by atoms with van der Waals surface area (Å²) in [5.74, 6) is -0.690. The summed E-state index contributed by atoms with van der Waals surface area (Å²) < 4.78 is 7.98. The number of pyridine rings is 2. The first-order valence-electron chi connectivity index (χ1n) is 10.8. The van der Waals surface area contributed by atoms with Crippen LogP contribution in [0, 0.1) is 0 Å². The highest BCUT2D eigenvalue weighted by atomic mass is 35.5. The Kier molecular flexibility index (Phi) is 6.77. The van der Waals surface area contributed by atoms with Crippen molar-refractivity contribution >= 4 is 46.5 Å². The number of aromatic nitrogens is 2. The molecule has 0 bridgehead atoms. The first-order chi connectivity index (χ1) is 17.4. The van der Waals surface area contributed by atoms with Gasteiger partial charge < -0.3 is 10.1 Å². The molecule has 11 heteroatoms. The van der Waals surface area contributed by atoms with E-state index < -0.39 is 17.9 Å². The molecule has 1 saturated heterocycles. The Balaban J connectivity index is 1.60. The van der Waals surface area contributed by atoms with Crippen LogP contribution in [0.4, 0.5) is 4.79 Å². The molecular weight excluding hydrogens is 523 g/mol. The van der Waals surface area contributed by atoms with Gasteiger partial charge in [-0.3, -0.25) is 24.5 Å². The third-order valence-corrected chi connectivity index (χ3v) is 7.12. The van der Waals surface area contributed by atoms with Crippen LogP contribution in [0.15, 0.2) is 71.2 Å². The minimum Gasteiger partial charge on any atom is -0.489 e. The highest BCUT2D eigenvalue weighted by molar-refractivity contribution is 7.14. The van der Waals surface area contributed by atoms with E-state index in [2.05, 4.69) is 15.6 Å². The maximum atomic E-state index is 13.6. The Morgan fingerprint density at radius 1 is 1.14 bits per heavy atom. The summed E-state index contributed by atoms with van der Waals surface area (Å²) >= 11 is 14.0. The van der Waals surface area contributed by atoms with Gasteiger partial charge in [0, 0.05) is 35.1 Å². The van der Waals surface area contributed by atoms with Gasteiger partial charge in [0.2, 0.25) is 5.91 Å². The lowest BCUT2D eigenvalue weighted by atomic mass is 9.95. The van der Waals surface area contributed by atoms with Crippen molar-refractivity contribution in [3.05, 3.63) is 97.3 Å². The van der Waals surface area contributed by atoms with Crippen molar-refractivity contribution < 1.29 is 14.3 Å². The van der Waals surface area contributed by atoms with Crippen LogP contribution in [0.2, 0.25) is 9.36 Å². The van der Waals surface area contributed by atoms with Crippen LogP contribution >= 0.6 is 34.5 Å². The molecule has 0 spiro atoms. The zero-order valence-electron chi connectivity index (χ0n) is 18.5. The fourth-order valence-corrected chi connectivity index (χ4v) is 5.00. The monoisotopic (exact) mass is 540 g/mol. The van der Waals surface area contributed by atoms with E-state index in [-0.39, 0.29) is 18.7 Å². The number of carbonyl (C=O) groups is 2.